The first kappa shape index (κ1) is 19.8. The van der Waals surface area contributed by atoms with Crippen molar-refractivity contribution in [3.05, 3.63) is 50.9 Å². The molecule has 0 bridgehead atoms. The number of aromatic nitrogens is 2. The fraction of sp³-hybridized carbons (Fsp3) is 0.400. The molecule has 0 atom stereocenters. The number of hydrogen-bond donors (Lipinski definition) is 0. The third kappa shape index (κ3) is 4.00. The van der Waals surface area contributed by atoms with Crippen molar-refractivity contribution in [2.75, 3.05) is 13.2 Å². The lowest BCUT2D eigenvalue weighted by molar-refractivity contribution is 0.287. The van der Waals surface area contributed by atoms with Crippen LogP contribution in [0.1, 0.15) is 19.5 Å². The van der Waals surface area contributed by atoms with E-state index < -0.39 is 10.2 Å². The van der Waals surface area contributed by atoms with Gasteiger partial charge in [-0.25, -0.2) is 4.68 Å². The number of hydrogen-bond acceptors (Lipinski definition) is 4. The lowest BCUT2D eigenvalue weighted by atomic mass is 10.3. The second-order valence-electron chi connectivity index (χ2n) is 4.85. The van der Waals surface area contributed by atoms with Gasteiger partial charge in [-0.1, -0.05) is 18.2 Å². The molecule has 0 aliphatic rings. The molecule has 24 heavy (non-hydrogen) atoms. The summed E-state index contributed by atoms with van der Waals surface area (Å²) in [6, 6.07) is 9.52. The second-order valence-corrected chi connectivity index (χ2v) is 11.2. The first-order valence-electron chi connectivity index (χ1n) is 7.45. The molecule has 0 aliphatic heterocycles. The van der Waals surface area contributed by atoms with Crippen molar-refractivity contribution in [3.8, 4) is 5.69 Å². The van der Waals surface area contributed by atoms with Crippen LogP contribution in [0, 0.1) is 0 Å². The summed E-state index contributed by atoms with van der Waals surface area (Å²) in [7, 11) is -0.0762. The molecule has 0 radical (unpaired) electrons. The van der Waals surface area contributed by atoms with Crippen LogP contribution in [0.5, 0.6) is 0 Å². The van der Waals surface area contributed by atoms with Crippen LogP contribution < -0.4 is 5.56 Å². The number of halogens is 1. The topological polar surface area (TPSA) is 45.4 Å². The van der Waals surface area contributed by atoms with Crippen molar-refractivity contribution >= 4 is 44.5 Å². The normalized spacial score (nSPS) is 12.7. The number of benzene rings is 1. The molecule has 9 heteroatoms. The van der Waals surface area contributed by atoms with Crippen molar-refractivity contribution in [1.82, 2.24) is 9.36 Å². The molecule has 0 saturated heterocycles. The molecule has 0 spiro atoms. The predicted molar refractivity (Wildman–Crippen MR) is 108 cm³/mol. The van der Waals surface area contributed by atoms with Gasteiger partial charge in [-0.3, -0.25) is 17.8 Å². The van der Waals surface area contributed by atoms with Crippen molar-refractivity contribution < 1.29 is 8.37 Å². The van der Waals surface area contributed by atoms with Crippen molar-refractivity contribution in [2.24, 2.45) is 7.05 Å². The molecule has 0 saturated carbocycles. The van der Waals surface area contributed by atoms with E-state index in [1.807, 2.05) is 55.9 Å². The summed E-state index contributed by atoms with van der Waals surface area (Å²) in [5, 5.41) is 0. The minimum Gasteiger partial charge on any atom is -0.282 e. The lowest BCUT2D eigenvalue weighted by Crippen LogP contribution is -2.20. The zero-order valence-corrected chi connectivity index (χ0v) is 17.9. The summed E-state index contributed by atoms with van der Waals surface area (Å²) in [5.74, 6) is 0.464. The molecule has 5 nitrogen and oxygen atoms in total. The van der Waals surface area contributed by atoms with E-state index in [1.54, 1.807) is 4.68 Å². The highest BCUT2D eigenvalue weighted by atomic mass is 79.9. The molecule has 1 aromatic carbocycles. The summed E-state index contributed by atoms with van der Waals surface area (Å²) in [5.41, 5.74) is 1.51. The zero-order chi connectivity index (χ0) is 17.7. The molecule has 1 aromatic heterocycles. The molecule has 0 N–H and O–H groups in total. The first-order valence-corrected chi connectivity index (χ1v) is 12.4. The molecule has 0 aliphatic carbocycles. The monoisotopic (exact) mass is 450 g/mol. The maximum Gasteiger partial charge on any atom is 0.286 e. The quantitative estimate of drug-likeness (QED) is 0.556. The van der Waals surface area contributed by atoms with Gasteiger partial charge in [0.2, 0.25) is 0 Å². The molecule has 0 fully saturated rings. The van der Waals surface area contributed by atoms with Crippen LogP contribution in [-0.4, -0.2) is 22.6 Å². The Hall–Kier alpha value is -0.500. The fourth-order valence-corrected chi connectivity index (χ4v) is 7.56. The molecule has 132 valence electrons. The Balaban J connectivity index is 2.52. The molecule has 0 amide bonds. The Bertz CT molecular complexity index is 758. The van der Waals surface area contributed by atoms with Crippen LogP contribution in [0.25, 0.3) is 5.69 Å². The first-order chi connectivity index (χ1) is 11.5. The van der Waals surface area contributed by atoms with Gasteiger partial charge < -0.3 is 0 Å². The van der Waals surface area contributed by atoms with E-state index in [0.29, 0.717) is 30.0 Å². The Morgan fingerprint density at radius 2 is 1.79 bits per heavy atom. The molecular weight excluding hydrogens is 431 g/mol. The Kier molecular flexibility index (Phi) is 7.22. The summed E-state index contributed by atoms with van der Waals surface area (Å²) < 4.78 is 15.8. The van der Waals surface area contributed by atoms with Crippen LogP contribution in [0.4, 0.5) is 0 Å². The van der Waals surface area contributed by atoms with Gasteiger partial charge in [-0.05, 0) is 53.7 Å². The standard InChI is InChI=1S/C15H20BrN2O3PS2/c1-4-20-24(22-23,21-5-2)11-13-14(16)15(19)18(17(13)3)12-9-7-6-8-10-12/h6-10H,4-5,11H2,1-3H3. The maximum atomic E-state index is 12.7. The van der Waals surface area contributed by atoms with Gasteiger partial charge in [0.15, 0.2) is 0 Å². The summed E-state index contributed by atoms with van der Waals surface area (Å²) in [4.78, 5) is 12.7. The van der Waals surface area contributed by atoms with Gasteiger partial charge in [-0.15, -0.1) is 10.2 Å². The number of nitrogens with zero attached hydrogens (tertiary/aromatic N) is 2. The number of para-hydroxylation sites is 1. The van der Waals surface area contributed by atoms with Gasteiger partial charge in [0, 0.05) is 7.05 Å². The highest BCUT2D eigenvalue weighted by molar-refractivity contribution is 9.10. The van der Waals surface area contributed by atoms with Crippen LogP contribution in [-0.2, 0) is 33.0 Å². The maximum absolute atomic E-state index is 12.7. The van der Waals surface area contributed by atoms with E-state index >= 15 is 0 Å². The molecule has 2 aromatic rings. The Morgan fingerprint density at radius 3 is 2.29 bits per heavy atom. The van der Waals surface area contributed by atoms with Crippen molar-refractivity contribution in [2.45, 2.75) is 19.6 Å². The molecule has 2 rings (SSSR count). The van der Waals surface area contributed by atoms with Gasteiger partial charge >= 0.3 is 0 Å². The van der Waals surface area contributed by atoms with Gasteiger partial charge in [-0.2, -0.15) is 0 Å². The van der Waals surface area contributed by atoms with E-state index in [4.69, 9.17) is 20.2 Å². The van der Waals surface area contributed by atoms with Crippen LogP contribution >= 0.6 is 32.7 Å². The third-order valence-corrected chi connectivity index (χ3v) is 9.98. The minimum absolute atomic E-state index is 0.110. The third-order valence-electron chi connectivity index (χ3n) is 3.36. The highest BCUT2D eigenvalue weighted by Crippen LogP contribution is 2.64. The molecule has 0 unspecified atom stereocenters. The number of rotatable bonds is 8. The van der Waals surface area contributed by atoms with Gasteiger partial charge in [0.1, 0.15) is 11.0 Å². The van der Waals surface area contributed by atoms with Crippen LogP contribution in [0.2, 0.25) is 0 Å². The van der Waals surface area contributed by atoms with Gasteiger partial charge in [0.25, 0.3) is 5.56 Å². The minimum atomic E-state index is -1.93. The summed E-state index contributed by atoms with van der Waals surface area (Å²) in [6.45, 7) is 5.51. The SMILES string of the molecule is CCOS(Cc1c(Br)c(=O)n(-c2ccccc2)n1C)(OCC)P=S. The van der Waals surface area contributed by atoms with E-state index in [2.05, 4.69) is 15.9 Å². The average Bonchev–Trinajstić information content (AvgIpc) is 2.79. The molecular formula is C15H20BrN2O3PS2. The van der Waals surface area contributed by atoms with Crippen LogP contribution in [0.15, 0.2) is 39.6 Å². The van der Waals surface area contributed by atoms with Gasteiger partial charge in [0.05, 0.1) is 30.3 Å². The van der Waals surface area contributed by atoms with E-state index in [-0.39, 0.29) is 5.56 Å². The average molecular weight is 451 g/mol. The van der Waals surface area contributed by atoms with Crippen LogP contribution in [0.3, 0.4) is 0 Å². The zero-order valence-electron chi connectivity index (χ0n) is 13.8. The lowest BCUT2D eigenvalue weighted by Gasteiger charge is -2.37. The second kappa shape index (κ2) is 8.74. The summed E-state index contributed by atoms with van der Waals surface area (Å²) in [6.07, 6.45) is 0. The largest absolute Gasteiger partial charge is 0.286 e. The predicted octanol–water partition coefficient (Wildman–Crippen LogP) is 4.47. The Labute approximate surface area is 158 Å². The van der Waals surface area contributed by atoms with Crippen molar-refractivity contribution in [3.63, 3.8) is 0 Å². The highest BCUT2D eigenvalue weighted by Gasteiger charge is 2.26. The fourth-order valence-electron chi connectivity index (χ4n) is 2.36. The van der Waals surface area contributed by atoms with Crippen molar-refractivity contribution in [1.29, 1.82) is 0 Å². The smallest absolute Gasteiger partial charge is 0.282 e. The van der Waals surface area contributed by atoms with E-state index in [9.17, 15) is 4.79 Å². The van der Waals surface area contributed by atoms with E-state index in [0.717, 1.165) is 11.4 Å². The molecule has 1 heterocycles. The van der Waals surface area contributed by atoms with E-state index in [1.165, 1.54) is 0 Å². The summed E-state index contributed by atoms with van der Waals surface area (Å²) >= 11 is 8.73. The Morgan fingerprint density at radius 1 is 1.21 bits per heavy atom.